The van der Waals surface area contributed by atoms with E-state index >= 15 is 0 Å². The maximum Gasteiger partial charge on any atom is 0.169 e. The topological polar surface area (TPSA) is 63.4 Å². The fourth-order valence-electron chi connectivity index (χ4n) is 2.34. The summed E-state index contributed by atoms with van der Waals surface area (Å²) >= 11 is 1.61. The van der Waals surface area contributed by atoms with E-state index in [0.717, 1.165) is 11.3 Å². The lowest BCUT2D eigenvalue weighted by Gasteiger charge is -2.36. The molecule has 2 rings (SSSR count). The fourth-order valence-corrected chi connectivity index (χ4v) is 5.18. The van der Waals surface area contributed by atoms with Crippen molar-refractivity contribution in [3.05, 3.63) is 29.6 Å². The van der Waals surface area contributed by atoms with Gasteiger partial charge in [0.15, 0.2) is 9.84 Å². The van der Waals surface area contributed by atoms with Gasteiger partial charge < -0.3 is 10.6 Å². The van der Waals surface area contributed by atoms with Gasteiger partial charge in [-0.1, -0.05) is 0 Å². The van der Waals surface area contributed by atoms with Gasteiger partial charge in [0.05, 0.1) is 0 Å². The molecule has 1 heterocycles. The molecule has 20 heavy (non-hydrogen) atoms. The summed E-state index contributed by atoms with van der Waals surface area (Å²) in [6.45, 7) is 1.04. The van der Waals surface area contributed by atoms with Gasteiger partial charge in [-0.15, -0.1) is 0 Å². The molecule has 0 amide bonds. The zero-order valence-electron chi connectivity index (χ0n) is 11.4. The summed E-state index contributed by atoms with van der Waals surface area (Å²) in [5.74, 6) is 1.01. The third-order valence-corrected chi connectivity index (χ3v) is 5.93. The van der Waals surface area contributed by atoms with Gasteiger partial charge in [-0.25, -0.2) is 12.8 Å². The summed E-state index contributed by atoms with van der Waals surface area (Å²) in [6, 6.07) is 4.68. The quantitative estimate of drug-likeness (QED) is 0.905. The maximum atomic E-state index is 13.7. The Bertz CT molecular complexity index is 578. The highest BCUT2D eigenvalue weighted by Gasteiger charge is 2.31. The number of benzene rings is 1. The van der Waals surface area contributed by atoms with E-state index in [2.05, 4.69) is 0 Å². The molecule has 7 heteroatoms. The Morgan fingerprint density at radius 1 is 1.45 bits per heavy atom. The van der Waals surface area contributed by atoms with E-state index in [1.807, 2.05) is 6.07 Å². The van der Waals surface area contributed by atoms with Gasteiger partial charge in [-0.05, 0) is 36.7 Å². The van der Waals surface area contributed by atoms with E-state index in [9.17, 15) is 12.8 Å². The number of hydrogen-bond acceptors (Lipinski definition) is 5. The Morgan fingerprint density at radius 3 is 2.85 bits per heavy atom. The molecule has 1 aliphatic heterocycles. The average molecular weight is 318 g/mol. The van der Waals surface area contributed by atoms with Crippen LogP contribution in [0.4, 0.5) is 10.1 Å². The molecule has 1 unspecified atom stereocenters. The molecule has 0 spiro atoms. The fraction of sp³-hybridized carbons (Fsp3) is 0.538. The van der Waals surface area contributed by atoms with Crippen LogP contribution in [0.3, 0.4) is 0 Å². The summed E-state index contributed by atoms with van der Waals surface area (Å²) in [4.78, 5) is 1.79. The molecule has 2 N–H and O–H groups in total. The van der Waals surface area contributed by atoms with Crippen molar-refractivity contribution in [1.29, 1.82) is 0 Å². The van der Waals surface area contributed by atoms with Crippen LogP contribution >= 0.6 is 11.8 Å². The van der Waals surface area contributed by atoms with Crippen molar-refractivity contribution in [1.82, 2.24) is 0 Å². The van der Waals surface area contributed by atoms with Crippen molar-refractivity contribution < 1.29 is 12.8 Å². The number of hydrogen-bond donors (Lipinski definition) is 1. The Hall–Kier alpha value is -0.790. The van der Waals surface area contributed by atoms with Crippen LogP contribution in [-0.4, -0.2) is 44.6 Å². The van der Waals surface area contributed by atoms with Crippen LogP contribution in [-0.2, 0) is 16.3 Å². The molecular weight excluding hydrogens is 299 g/mol. The monoisotopic (exact) mass is 318 g/mol. The van der Waals surface area contributed by atoms with E-state index in [1.54, 1.807) is 16.7 Å². The largest absolute Gasteiger partial charge is 0.353 e. The van der Waals surface area contributed by atoms with E-state index in [4.69, 9.17) is 5.73 Å². The smallest absolute Gasteiger partial charge is 0.169 e. The summed E-state index contributed by atoms with van der Waals surface area (Å²) in [5, 5.41) is -0.589. The zero-order valence-corrected chi connectivity index (χ0v) is 13.0. The molecule has 1 aromatic carbocycles. The first-order valence-corrected chi connectivity index (χ1v) is 9.55. The molecule has 1 aromatic rings. The normalized spacial score (nSPS) is 20.1. The molecule has 0 saturated carbocycles. The molecule has 4 nitrogen and oxygen atoms in total. The highest BCUT2D eigenvalue weighted by molar-refractivity contribution is 8.01. The zero-order chi connectivity index (χ0) is 14.8. The molecule has 1 saturated heterocycles. The Labute approximate surface area is 123 Å². The SMILES string of the molecule is CS(=O)(=O)C1CSCCN1c1cc(F)cc(CCN)c1. The number of sulfone groups is 1. The molecule has 112 valence electrons. The van der Waals surface area contributed by atoms with Crippen molar-refractivity contribution in [3.8, 4) is 0 Å². The molecule has 1 aliphatic rings. The Kier molecular flexibility index (Phi) is 4.93. The molecular formula is C13H19FN2O2S2. The minimum absolute atomic E-state index is 0.351. The van der Waals surface area contributed by atoms with Gasteiger partial charge in [-0.2, -0.15) is 11.8 Å². The van der Waals surface area contributed by atoms with Crippen molar-refractivity contribution in [3.63, 3.8) is 0 Å². The van der Waals surface area contributed by atoms with Crippen LogP contribution < -0.4 is 10.6 Å². The van der Waals surface area contributed by atoms with Gasteiger partial charge in [0.25, 0.3) is 0 Å². The van der Waals surface area contributed by atoms with Crippen molar-refractivity contribution in [2.75, 3.05) is 35.8 Å². The highest BCUT2D eigenvalue weighted by Crippen LogP contribution is 2.28. The van der Waals surface area contributed by atoms with Crippen LogP contribution in [0.2, 0.25) is 0 Å². The van der Waals surface area contributed by atoms with Gasteiger partial charge in [0, 0.05) is 30.0 Å². The predicted molar refractivity (Wildman–Crippen MR) is 82.5 cm³/mol. The second-order valence-electron chi connectivity index (χ2n) is 4.91. The molecule has 0 aromatic heterocycles. The molecule has 0 bridgehead atoms. The van der Waals surface area contributed by atoms with E-state index < -0.39 is 15.2 Å². The molecule has 1 atom stereocenters. The number of rotatable bonds is 4. The van der Waals surface area contributed by atoms with Crippen LogP contribution in [0.15, 0.2) is 18.2 Å². The lowest BCUT2D eigenvalue weighted by Crippen LogP contribution is -2.47. The van der Waals surface area contributed by atoms with Crippen LogP contribution in [0, 0.1) is 5.82 Å². The van der Waals surface area contributed by atoms with Gasteiger partial charge in [0.2, 0.25) is 0 Å². The standard InChI is InChI=1S/C13H19FN2O2S2/c1-20(17,18)13-9-19-5-4-16(13)12-7-10(2-3-15)6-11(14)8-12/h6-8,13H,2-5,9,15H2,1H3. The summed E-state index contributed by atoms with van der Waals surface area (Å²) < 4.78 is 37.5. The number of nitrogens with zero attached hydrogens (tertiary/aromatic N) is 1. The number of thioether (sulfide) groups is 1. The summed E-state index contributed by atoms with van der Waals surface area (Å²) in [5.41, 5.74) is 6.93. The van der Waals surface area contributed by atoms with Gasteiger partial charge in [0.1, 0.15) is 11.2 Å². The summed E-state index contributed by atoms with van der Waals surface area (Å²) in [6.07, 6.45) is 1.81. The minimum Gasteiger partial charge on any atom is -0.353 e. The van der Waals surface area contributed by atoms with Crippen molar-refractivity contribution in [2.45, 2.75) is 11.8 Å². The van der Waals surface area contributed by atoms with Crippen LogP contribution in [0.5, 0.6) is 0 Å². The Morgan fingerprint density at radius 2 is 2.20 bits per heavy atom. The molecule has 0 aliphatic carbocycles. The lowest BCUT2D eigenvalue weighted by atomic mass is 10.1. The van der Waals surface area contributed by atoms with Crippen molar-refractivity contribution >= 4 is 27.3 Å². The summed E-state index contributed by atoms with van der Waals surface area (Å²) in [7, 11) is -3.20. The first-order valence-electron chi connectivity index (χ1n) is 6.44. The Balaban J connectivity index is 2.37. The third-order valence-electron chi connectivity index (χ3n) is 3.29. The third kappa shape index (κ3) is 3.65. The first-order chi connectivity index (χ1) is 9.41. The first kappa shape index (κ1) is 15.6. The van der Waals surface area contributed by atoms with Crippen LogP contribution in [0.1, 0.15) is 5.56 Å². The average Bonchev–Trinajstić information content (AvgIpc) is 2.37. The lowest BCUT2D eigenvalue weighted by molar-refractivity contribution is 0.583. The van der Waals surface area contributed by atoms with E-state index in [-0.39, 0.29) is 5.82 Å². The predicted octanol–water partition coefficient (Wildman–Crippen LogP) is 1.25. The molecule has 0 radical (unpaired) electrons. The van der Waals surface area contributed by atoms with Crippen LogP contribution in [0.25, 0.3) is 0 Å². The number of halogens is 1. The second-order valence-corrected chi connectivity index (χ2v) is 8.26. The molecule has 1 fully saturated rings. The highest BCUT2D eigenvalue weighted by atomic mass is 32.2. The van der Waals surface area contributed by atoms with E-state index in [0.29, 0.717) is 31.0 Å². The van der Waals surface area contributed by atoms with Crippen molar-refractivity contribution in [2.24, 2.45) is 5.73 Å². The van der Waals surface area contributed by atoms with Gasteiger partial charge in [-0.3, -0.25) is 0 Å². The van der Waals surface area contributed by atoms with E-state index in [1.165, 1.54) is 18.4 Å². The minimum atomic E-state index is -3.20. The number of nitrogens with two attached hydrogens (primary N) is 1. The van der Waals surface area contributed by atoms with Gasteiger partial charge >= 0.3 is 0 Å². The number of anilines is 1. The maximum absolute atomic E-state index is 13.7. The second kappa shape index (κ2) is 6.32.